The summed E-state index contributed by atoms with van der Waals surface area (Å²) in [6, 6.07) is 4.83. The summed E-state index contributed by atoms with van der Waals surface area (Å²) in [6.07, 6.45) is 6.75. The molecule has 0 radical (unpaired) electrons. The van der Waals surface area contributed by atoms with Crippen LogP contribution < -0.4 is 9.47 Å². The quantitative estimate of drug-likeness (QED) is 0.597. The molecule has 26 heavy (non-hydrogen) atoms. The SMILES string of the molecule is COCCO[C@H]1C=CC2C3Cc4ccc(OC)c5c4[C@@]2(CCN3C)[C@H]1O5. The van der Waals surface area contributed by atoms with E-state index in [-0.39, 0.29) is 17.6 Å². The van der Waals surface area contributed by atoms with Gasteiger partial charge in [-0.1, -0.05) is 18.2 Å². The molecule has 5 heteroatoms. The number of likely N-dealkylation sites (tertiary alicyclic amines) is 1. The van der Waals surface area contributed by atoms with E-state index >= 15 is 0 Å². The minimum atomic E-state index is -0.0477. The second-order valence-electron chi connectivity index (χ2n) is 7.95. The molecule has 0 amide bonds. The lowest BCUT2D eigenvalue weighted by atomic mass is 9.53. The van der Waals surface area contributed by atoms with Gasteiger partial charge in [0.05, 0.1) is 20.3 Å². The third-order valence-corrected chi connectivity index (χ3v) is 6.93. The molecule has 140 valence electrons. The third-order valence-electron chi connectivity index (χ3n) is 6.93. The van der Waals surface area contributed by atoms with Crippen LogP contribution in [-0.2, 0) is 21.3 Å². The fourth-order valence-electron chi connectivity index (χ4n) is 5.78. The maximum atomic E-state index is 6.62. The van der Waals surface area contributed by atoms with E-state index < -0.39 is 0 Å². The van der Waals surface area contributed by atoms with E-state index in [1.54, 1.807) is 14.2 Å². The summed E-state index contributed by atoms with van der Waals surface area (Å²) in [5, 5.41) is 0. The summed E-state index contributed by atoms with van der Waals surface area (Å²) in [5.41, 5.74) is 2.81. The van der Waals surface area contributed by atoms with Crippen molar-refractivity contribution in [1.29, 1.82) is 0 Å². The molecule has 5 rings (SSSR count). The van der Waals surface area contributed by atoms with E-state index in [1.807, 2.05) is 0 Å². The molecular weight excluding hydrogens is 330 g/mol. The van der Waals surface area contributed by atoms with Crippen molar-refractivity contribution in [2.75, 3.05) is 41.0 Å². The van der Waals surface area contributed by atoms with E-state index in [2.05, 4.69) is 36.2 Å². The highest BCUT2D eigenvalue weighted by atomic mass is 16.6. The Morgan fingerprint density at radius 1 is 1.23 bits per heavy atom. The molecule has 2 bridgehead atoms. The van der Waals surface area contributed by atoms with E-state index in [0.717, 1.165) is 30.9 Å². The molecular formula is C21H27NO4. The molecule has 1 aromatic carbocycles. The van der Waals surface area contributed by atoms with Crippen molar-refractivity contribution < 1.29 is 18.9 Å². The largest absolute Gasteiger partial charge is 0.493 e. The van der Waals surface area contributed by atoms with Gasteiger partial charge in [-0.25, -0.2) is 0 Å². The fourth-order valence-corrected chi connectivity index (χ4v) is 5.78. The second kappa shape index (κ2) is 5.98. The smallest absolute Gasteiger partial charge is 0.165 e. The number of piperidine rings is 1. The van der Waals surface area contributed by atoms with Crippen LogP contribution in [0.15, 0.2) is 24.3 Å². The van der Waals surface area contributed by atoms with Crippen LogP contribution in [0.25, 0.3) is 0 Å². The average molecular weight is 357 g/mol. The predicted octanol–water partition coefficient (Wildman–Crippen LogP) is 2.17. The van der Waals surface area contributed by atoms with E-state index in [9.17, 15) is 0 Å². The Hall–Kier alpha value is -1.56. The zero-order valence-corrected chi connectivity index (χ0v) is 15.7. The number of rotatable bonds is 5. The molecule has 1 aromatic rings. The molecule has 0 aromatic heterocycles. The fraction of sp³-hybridized carbons (Fsp3) is 0.619. The van der Waals surface area contributed by atoms with Gasteiger partial charge in [0.15, 0.2) is 11.5 Å². The van der Waals surface area contributed by atoms with Crippen LogP contribution in [0.3, 0.4) is 0 Å². The van der Waals surface area contributed by atoms with Crippen LogP contribution in [-0.4, -0.2) is 64.2 Å². The minimum absolute atomic E-state index is 0.00111. The zero-order valence-electron chi connectivity index (χ0n) is 15.7. The number of hydrogen-bond acceptors (Lipinski definition) is 5. The maximum absolute atomic E-state index is 6.62. The highest BCUT2D eigenvalue weighted by molar-refractivity contribution is 5.62. The molecule has 2 heterocycles. The summed E-state index contributed by atoms with van der Waals surface area (Å²) in [6.45, 7) is 2.27. The van der Waals surface area contributed by atoms with Crippen LogP contribution in [0.4, 0.5) is 0 Å². The first-order valence-electron chi connectivity index (χ1n) is 9.57. The standard InChI is InChI=1S/C21H27NO4/c1-22-9-8-21-14-5-7-17(25-11-10-23-2)20(21)26-19-16(24-3)6-4-13(18(19)21)12-15(14)22/h4-7,14-15,17,20H,8-12H2,1-3H3/t14?,15?,17-,20-,21-/m0/s1. The molecule has 2 unspecified atom stereocenters. The van der Waals surface area contributed by atoms with Crippen molar-refractivity contribution in [1.82, 2.24) is 4.90 Å². The molecule has 1 fully saturated rings. The summed E-state index contributed by atoms with van der Waals surface area (Å²) < 4.78 is 23.6. The van der Waals surface area contributed by atoms with Crippen LogP contribution >= 0.6 is 0 Å². The zero-order chi connectivity index (χ0) is 17.9. The Bertz CT molecular complexity index is 748. The number of methoxy groups -OCH3 is 2. The first-order valence-corrected chi connectivity index (χ1v) is 9.57. The Kier molecular flexibility index (Phi) is 3.82. The predicted molar refractivity (Wildman–Crippen MR) is 98.1 cm³/mol. The van der Waals surface area contributed by atoms with Crippen molar-refractivity contribution in [2.45, 2.75) is 36.5 Å². The Labute approximate surface area is 154 Å². The van der Waals surface area contributed by atoms with Gasteiger partial charge in [0.2, 0.25) is 0 Å². The number of benzene rings is 1. The van der Waals surface area contributed by atoms with Gasteiger partial charge in [0.25, 0.3) is 0 Å². The second-order valence-corrected chi connectivity index (χ2v) is 7.95. The lowest BCUT2D eigenvalue weighted by Crippen LogP contribution is -2.65. The third kappa shape index (κ3) is 2.02. The van der Waals surface area contributed by atoms with Gasteiger partial charge in [0.1, 0.15) is 12.2 Å². The minimum Gasteiger partial charge on any atom is -0.493 e. The molecule has 1 spiro atoms. The maximum Gasteiger partial charge on any atom is 0.165 e. The van der Waals surface area contributed by atoms with Gasteiger partial charge in [-0.15, -0.1) is 0 Å². The Morgan fingerprint density at radius 3 is 2.92 bits per heavy atom. The van der Waals surface area contributed by atoms with Crippen LogP contribution in [0, 0.1) is 5.92 Å². The van der Waals surface area contributed by atoms with Crippen molar-refractivity contribution in [3.8, 4) is 11.5 Å². The average Bonchev–Trinajstić information content (AvgIpc) is 3.00. The summed E-state index contributed by atoms with van der Waals surface area (Å²) >= 11 is 0. The van der Waals surface area contributed by atoms with Crippen molar-refractivity contribution >= 4 is 0 Å². The van der Waals surface area contributed by atoms with Gasteiger partial charge in [-0.3, -0.25) is 0 Å². The normalized spacial score (nSPS) is 36.6. The van der Waals surface area contributed by atoms with Gasteiger partial charge in [0, 0.05) is 30.0 Å². The van der Waals surface area contributed by atoms with Crippen molar-refractivity contribution in [3.63, 3.8) is 0 Å². The van der Waals surface area contributed by atoms with Crippen LogP contribution in [0.2, 0.25) is 0 Å². The summed E-state index contributed by atoms with van der Waals surface area (Å²) in [7, 11) is 5.69. The molecule has 0 saturated carbocycles. The van der Waals surface area contributed by atoms with Gasteiger partial charge in [-0.2, -0.15) is 0 Å². The lowest BCUT2D eigenvalue weighted by Gasteiger charge is -2.56. The van der Waals surface area contributed by atoms with Gasteiger partial charge < -0.3 is 23.8 Å². The van der Waals surface area contributed by atoms with E-state index in [0.29, 0.717) is 25.2 Å². The van der Waals surface area contributed by atoms with Crippen molar-refractivity contribution in [2.24, 2.45) is 5.92 Å². The highest BCUT2D eigenvalue weighted by Crippen LogP contribution is 2.62. The molecule has 2 aliphatic heterocycles. The lowest BCUT2D eigenvalue weighted by molar-refractivity contribution is -0.0774. The molecule has 5 nitrogen and oxygen atoms in total. The summed E-state index contributed by atoms with van der Waals surface area (Å²) in [4.78, 5) is 2.52. The molecule has 4 aliphatic rings. The van der Waals surface area contributed by atoms with Crippen molar-refractivity contribution in [3.05, 3.63) is 35.4 Å². The van der Waals surface area contributed by atoms with Gasteiger partial charge in [-0.05, 0) is 38.1 Å². The first kappa shape index (κ1) is 16.6. The Morgan fingerprint density at radius 2 is 2.12 bits per heavy atom. The molecule has 2 aliphatic carbocycles. The van der Waals surface area contributed by atoms with E-state index in [4.69, 9.17) is 18.9 Å². The number of nitrogens with zero attached hydrogens (tertiary/aromatic N) is 1. The topological polar surface area (TPSA) is 40.2 Å². The number of hydrogen-bond donors (Lipinski definition) is 0. The molecule has 0 N–H and O–H groups in total. The Balaban J connectivity index is 1.64. The summed E-state index contributed by atoms with van der Waals surface area (Å²) in [5.74, 6) is 2.26. The highest BCUT2D eigenvalue weighted by Gasteiger charge is 2.64. The number of ether oxygens (including phenoxy) is 4. The van der Waals surface area contributed by atoms with Crippen LogP contribution in [0.1, 0.15) is 17.5 Å². The monoisotopic (exact) mass is 357 g/mol. The van der Waals surface area contributed by atoms with Crippen LogP contribution in [0.5, 0.6) is 11.5 Å². The first-order chi connectivity index (χ1) is 12.7. The molecule has 5 atom stereocenters. The molecule has 1 saturated heterocycles. The van der Waals surface area contributed by atoms with E-state index in [1.165, 1.54) is 11.1 Å². The van der Waals surface area contributed by atoms with Gasteiger partial charge >= 0.3 is 0 Å². The number of likely N-dealkylation sites (N-methyl/N-ethyl adjacent to an activating group) is 1.